The van der Waals surface area contributed by atoms with Crippen LogP contribution in [0.5, 0.6) is 0 Å². The highest BCUT2D eigenvalue weighted by atomic mass is 16.2. The van der Waals surface area contributed by atoms with Crippen molar-refractivity contribution in [3.63, 3.8) is 0 Å². The molecule has 0 spiro atoms. The number of quaternary nitrogens is 1. The fourth-order valence-corrected chi connectivity index (χ4v) is 5.89. The topological polar surface area (TPSA) is 53.9 Å². The molecule has 5 nitrogen and oxygen atoms in total. The molecule has 0 heterocycles. The predicted octanol–water partition coefficient (Wildman–Crippen LogP) is 0.455. The Morgan fingerprint density at radius 2 is 1.50 bits per heavy atom. The molecule has 4 rings (SSSR count). The van der Waals surface area contributed by atoms with Gasteiger partial charge in [-0.3, -0.25) is 9.59 Å². The molecular formula is C19H34N3O2+. The highest BCUT2D eigenvalue weighted by molar-refractivity contribution is 5.79. The lowest BCUT2D eigenvalue weighted by molar-refractivity contribution is -0.863. The van der Waals surface area contributed by atoms with Crippen LogP contribution in [0, 0.1) is 17.8 Å². The lowest BCUT2D eigenvalue weighted by Crippen LogP contribution is -3.11. The van der Waals surface area contributed by atoms with E-state index in [0.717, 1.165) is 35.7 Å². The summed E-state index contributed by atoms with van der Waals surface area (Å²) < 4.78 is 0. The third-order valence-electron chi connectivity index (χ3n) is 6.47. The number of amides is 2. The van der Waals surface area contributed by atoms with E-state index in [4.69, 9.17) is 0 Å². The second-order valence-electron chi connectivity index (χ2n) is 8.62. The highest BCUT2D eigenvalue weighted by Crippen LogP contribution is 2.55. The molecule has 4 fully saturated rings. The van der Waals surface area contributed by atoms with Gasteiger partial charge in [0, 0.05) is 18.6 Å². The SMILES string of the molecule is CCN(CC)C(=O)C[NH+](C)CC(=O)NC12CC3CC(CC(C3)C1)C2. The van der Waals surface area contributed by atoms with E-state index in [1.807, 2.05) is 25.8 Å². The second-order valence-corrected chi connectivity index (χ2v) is 8.62. The number of carbonyl (C=O) groups is 2. The number of carbonyl (C=O) groups excluding carboxylic acids is 2. The number of hydrogen-bond acceptors (Lipinski definition) is 2. The molecular weight excluding hydrogens is 302 g/mol. The lowest BCUT2D eigenvalue weighted by Gasteiger charge is -2.56. The van der Waals surface area contributed by atoms with Crippen LogP contribution in [0.25, 0.3) is 0 Å². The smallest absolute Gasteiger partial charge is 0.277 e. The molecule has 136 valence electrons. The van der Waals surface area contributed by atoms with E-state index in [9.17, 15) is 9.59 Å². The van der Waals surface area contributed by atoms with Gasteiger partial charge in [-0.2, -0.15) is 0 Å². The van der Waals surface area contributed by atoms with Crippen LogP contribution in [-0.4, -0.2) is 55.5 Å². The van der Waals surface area contributed by atoms with Crippen molar-refractivity contribution in [3.05, 3.63) is 0 Å². The molecule has 4 saturated carbocycles. The first kappa shape index (κ1) is 17.7. The largest absolute Gasteiger partial charge is 0.346 e. The Kier molecular flexibility index (Phi) is 5.19. The van der Waals surface area contributed by atoms with Gasteiger partial charge in [0.2, 0.25) is 0 Å². The molecule has 1 unspecified atom stereocenters. The average Bonchev–Trinajstić information content (AvgIpc) is 2.45. The number of rotatable bonds is 7. The van der Waals surface area contributed by atoms with Crippen molar-refractivity contribution < 1.29 is 14.5 Å². The van der Waals surface area contributed by atoms with E-state index in [1.54, 1.807) is 0 Å². The normalized spacial score (nSPS) is 34.9. The molecule has 0 aromatic heterocycles. The number of likely N-dealkylation sites (N-methyl/N-ethyl adjacent to an activating group) is 2. The van der Waals surface area contributed by atoms with Crippen LogP contribution in [0.2, 0.25) is 0 Å². The molecule has 0 aliphatic heterocycles. The molecule has 2 amide bonds. The summed E-state index contributed by atoms with van der Waals surface area (Å²) in [6.45, 7) is 6.27. The Hall–Kier alpha value is -1.10. The van der Waals surface area contributed by atoms with Gasteiger partial charge in [0.1, 0.15) is 0 Å². The standard InChI is InChI=1S/C19H33N3O2/c1-4-22(5-2)18(24)13-21(3)12-17(23)20-19-9-14-6-15(10-19)8-16(7-14)11-19/h14-16H,4-13H2,1-3H3,(H,20,23)/p+1. The first-order chi connectivity index (χ1) is 11.4. The van der Waals surface area contributed by atoms with E-state index < -0.39 is 0 Å². The van der Waals surface area contributed by atoms with Crippen molar-refractivity contribution in [3.8, 4) is 0 Å². The molecule has 24 heavy (non-hydrogen) atoms. The van der Waals surface area contributed by atoms with E-state index in [0.29, 0.717) is 13.1 Å². The Morgan fingerprint density at radius 1 is 1.00 bits per heavy atom. The van der Waals surface area contributed by atoms with Crippen molar-refractivity contribution in [2.45, 2.75) is 57.9 Å². The molecule has 4 bridgehead atoms. The Bertz CT molecular complexity index is 452. The van der Waals surface area contributed by atoms with E-state index in [2.05, 4.69) is 5.32 Å². The fourth-order valence-electron chi connectivity index (χ4n) is 5.89. The number of nitrogens with one attached hydrogen (secondary N) is 2. The Morgan fingerprint density at radius 3 is 1.96 bits per heavy atom. The first-order valence-corrected chi connectivity index (χ1v) is 9.83. The summed E-state index contributed by atoms with van der Waals surface area (Å²) in [5.41, 5.74) is 0.0784. The van der Waals surface area contributed by atoms with Crippen molar-refractivity contribution in [1.29, 1.82) is 0 Å². The molecule has 5 heteroatoms. The van der Waals surface area contributed by atoms with Crippen molar-refractivity contribution in [2.24, 2.45) is 17.8 Å². The van der Waals surface area contributed by atoms with Crippen molar-refractivity contribution in [2.75, 3.05) is 33.2 Å². The summed E-state index contributed by atoms with van der Waals surface area (Å²) in [5.74, 6) is 2.78. The minimum absolute atomic E-state index is 0.0784. The van der Waals surface area contributed by atoms with Crippen LogP contribution in [0.1, 0.15) is 52.4 Å². The Balaban J connectivity index is 1.50. The third kappa shape index (κ3) is 3.76. The molecule has 0 aromatic rings. The van der Waals surface area contributed by atoms with E-state index in [1.165, 1.54) is 38.5 Å². The van der Waals surface area contributed by atoms with Gasteiger partial charge in [-0.1, -0.05) is 0 Å². The van der Waals surface area contributed by atoms with Crippen LogP contribution in [-0.2, 0) is 9.59 Å². The van der Waals surface area contributed by atoms with Crippen LogP contribution in [0.4, 0.5) is 0 Å². The summed E-state index contributed by atoms with van der Waals surface area (Å²) in [7, 11) is 1.95. The van der Waals surface area contributed by atoms with Gasteiger partial charge in [0.25, 0.3) is 11.8 Å². The Labute approximate surface area is 146 Å². The quantitative estimate of drug-likeness (QED) is 0.709. The van der Waals surface area contributed by atoms with Gasteiger partial charge >= 0.3 is 0 Å². The van der Waals surface area contributed by atoms with Gasteiger partial charge in [-0.25, -0.2) is 0 Å². The average molecular weight is 337 g/mol. The second kappa shape index (κ2) is 7.03. The molecule has 4 aliphatic carbocycles. The number of hydrogen-bond donors (Lipinski definition) is 2. The van der Waals surface area contributed by atoms with Gasteiger partial charge in [0.05, 0.1) is 7.05 Å². The zero-order valence-electron chi connectivity index (χ0n) is 15.6. The zero-order chi connectivity index (χ0) is 17.3. The summed E-state index contributed by atoms with van der Waals surface area (Å²) >= 11 is 0. The molecule has 1 atom stereocenters. The van der Waals surface area contributed by atoms with E-state index in [-0.39, 0.29) is 17.4 Å². The van der Waals surface area contributed by atoms with Crippen molar-refractivity contribution >= 4 is 11.8 Å². The minimum atomic E-state index is 0.0784. The zero-order valence-corrected chi connectivity index (χ0v) is 15.6. The molecule has 0 saturated heterocycles. The van der Waals surface area contributed by atoms with Gasteiger partial charge < -0.3 is 15.1 Å². The summed E-state index contributed by atoms with van der Waals surface area (Å²) in [4.78, 5) is 27.6. The predicted molar refractivity (Wildman–Crippen MR) is 93.6 cm³/mol. The fraction of sp³-hybridized carbons (Fsp3) is 0.895. The minimum Gasteiger partial charge on any atom is -0.346 e. The van der Waals surface area contributed by atoms with Crippen LogP contribution in [0.15, 0.2) is 0 Å². The monoisotopic (exact) mass is 336 g/mol. The first-order valence-electron chi connectivity index (χ1n) is 9.83. The molecule has 4 aliphatic rings. The maximum atomic E-state index is 12.6. The number of nitrogens with zero attached hydrogens (tertiary/aromatic N) is 1. The summed E-state index contributed by atoms with van der Waals surface area (Å²) in [6.07, 6.45) is 7.71. The lowest BCUT2D eigenvalue weighted by atomic mass is 9.53. The van der Waals surface area contributed by atoms with Crippen LogP contribution < -0.4 is 10.2 Å². The summed E-state index contributed by atoms with van der Waals surface area (Å²) in [6, 6.07) is 0. The van der Waals surface area contributed by atoms with E-state index >= 15 is 0 Å². The molecule has 0 aromatic carbocycles. The molecule has 2 N–H and O–H groups in total. The van der Waals surface area contributed by atoms with Crippen molar-refractivity contribution in [1.82, 2.24) is 10.2 Å². The highest BCUT2D eigenvalue weighted by Gasteiger charge is 2.51. The third-order valence-corrected chi connectivity index (χ3v) is 6.47. The molecule has 0 radical (unpaired) electrons. The van der Waals surface area contributed by atoms with Gasteiger partial charge in [-0.05, 0) is 70.1 Å². The maximum Gasteiger partial charge on any atom is 0.277 e. The van der Waals surface area contributed by atoms with Gasteiger partial charge in [0.15, 0.2) is 13.1 Å². The van der Waals surface area contributed by atoms with Gasteiger partial charge in [-0.15, -0.1) is 0 Å². The maximum absolute atomic E-state index is 12.6. The van der Waals surface area contributed by atoms with Crippen LogP contribution in [0.3, 0.4) is 0 Å². The summed E-state index contributed by atoms with van der Waals surface area (Å²) in [5, 5.41) is 3.40. The van der Waals surface area contributed by atoms with Crippen LogP contribution >= 0.6 is 0 Å².